The number of carbonyl (C=O) groups excluding carboxylic acids is 2. The van der Waals surface area contributed by atoms with E-state index in [1.165, 1.54) is 0 Å². The fourth-order valence-corrected chi connectivity index (χ4v) is 4.48. The highest BCUT2D eigenvalue weighted by atomic mass is 16.6. The van der Waals surface area contributed by atoms with E-state index in [2.05, 4.69) is 15.6 Å². The summed E-state index contributed by atoms with van der Waals surface area (Å²) in [5, 5.41) is 6.44. The van der Waals surface area contributed by atoms with E-state index in [4.69, 9.17) is 14.5 Å². The molecular weight excluding hydrogens is 494 g/mol. The maximum atomic E-state index is 13.1. The Labute approximate surface area is 229 Å². The first-order valence-corrected chi connectivity index (χ1v) is 13.2. The van der Waals surface area contributed by atoms with Crippen molar-refractivity contribution in [3.05, 3.63) is 66.5 Å². The fraction of sp³-hybridized carbons (Fsp3) is 0.400. The smallest absolute Gasteiger partial charge is 0.410 e. The van der Waals surface area contributed by atoms with Gasteiger partial charge in [0, 0.05) is 24.3 Å². The maximum absolute atomic E-state index is 13.1. The second-order valence-corrected chi connectivity index (χ2v) is 10.8. The summed E-state index contributed by atoms with van der Waals surface area (Å²) in [6, 6.07) is 15.3. The first-order valence-electron chi connectivity index (χ1n) is 13.2. The molecule has 1 aliphatic rings. The normalized spacial score (nSPS) is 16.2. The van der Waals surface area contributed by atoms with Gasteiger partial charge in [-0.25, -0.2) is 9.78 Å². The fourth-order valence-electron chi connectivity index (χ4n) is 4.48. The quantitative estimate of drug-likeness (QED) is 0.390. The molecule has 1 saturated heterocycles. The molecule has 39 heavy (non-hydrogen) atoms. The van der Waals surface area contributed by atoms with Crippen molar-refractivity contribution in [2.75, 3.05) is 30.8 Å². The largest absolute Gasteiger partial charge is 0.497 e. The average molecular weight is 532 g/mol. The van der Waals surface area contributed by atoms with Gasteiger partial charge in [-0.2, -0.15) is 0 Å². The van der Waals surface area contributed by atoms with E-state index in [1.807, 2.05) is 76.2 Å². The number of hydrogen-bond acceptors (Lipinski definition) is 7. The average Bonchev–Trinajstić information content (AvgIpc) is 2.92. The predicted octanol–water partition coefficient (Wildman–Crippen LogP) is 5.91. The SMILES string of the molecule is COc1cccc(-c2cncc(N[C@@H](C)c3cccc(NC(=O)C4CCCN(C(=O)OC(C)(C)C)C4)c3)n2)c1. The molecule has 2 amide bonds. The summed E-state index contributed by atoms with van der Waals surface area (Å²) in [5.41, 5.74) is 2.77. The van der Waals surface area contributed by atoms with Crippen LogP contribution in [0.2, 0.25) is 0 Å². The van der Waals surface area contributed by atoms with Gasteiger partial charge in [-0.1, -0.05) is 24.3 Å². The number of nitrogens with one attached hydrogen (secondary N) is 2. The number of ether oxygens (including phenoxy) is 2. The molecule has 0 aliphatic carbocycles. The molecule has 0 spiro atoms. The zero-order valence-electron chi connectivity index (χ0n) is 23.2. The molecule has 1 aromatic heterocycles. The lowest BCUT2D eigenvalue weighted by atomic mass is 9.97. The predicted molar refractivity (Wildman–Crippen MR) is 152 cm³/mol. The molecular formula is C30H37N5O4. The van der Waals surface area contributed by atoms with Gasteiger partial charge in [0.2, 0.25) is 5.91 Å². The van der Waals surface area contributed by atoms with Crippen LogP contribution in [-0.4, -0.2) is 52.7 Å². The number of nitrogens with zero attached hydrogens (tertiary/aromatic N) is 3. The minimum atomic E-state index is -0.570. The molecule has 1 fully saturated rings. The molecule has 2 N–H and O–H groups in total. The lowest BCUT2D eigenvalue weighted by Crippen LogP contribution is -2.45. The Morgan fingerprint density at radius 2 is 1.90 bits per heavy atom. The number of rotatable bonds is 7. The number of amides is 2. The summed E-state index contributed by atoms with van der Waals surface area (Å²) >= 11 is 0. The molecule has 2 atom stereocenters. The molecule has 2 heterocycles. The third kappa shape index (κ3) is 7.69. The van der Waals surface area contributed by atoms with E-state index in [9.17, 15) is 9.59 Å². The van der Waals surface area contributed by atoms with Gasteiger partial charge in [-0.3, -0.25) is 9.78 Å². The summed E-state index contributed by atoms with van der Waals surface area (Å²) in [5.74, 6) is 1.00. The number of piperidine rings is 1. The van der Waals surface area contributed by atoms with Crippen LogP contribution in [0.25, 0.3) is 11.3 Å². The van der Waals surface area contributed by atoms with E-state index in [0.29, 0.717) is 24.6 Å². The van der Waals surface area contributed by atoms with Crippen molar-refractivity contribution in [2.24, 2.45) is 5.92 Å². The molecule has 0 saturated carbocycles. The standard InChI is InChI=1S/C30H37N5O4/c1-20(32-27-18-31-17-26(34-27)22-10-7-13-25(16-22)38-5)21-9-6-12-24(15-21)33-28(36)23-11-8-14-35(19-23)29(37)39-30(2,3)4/h6-7,9-10,12-13,15-18,20,23H,8,11,14,19H2,1-5H3,(H,32,34)(H,33,36)/t20-,23?/m0/s1. The summed E-state index contributed by atoms with van der Waals surface area (Å²) in [6.45, 7) is 8.49. The molecule has 1 unspecified atom stereocenters. The van der Waals surface area contributed by atoms with Crippen molar-refractivity contribution >= 4 is 23.5 Å². The lowest BCUT2D eigenvalue weighted by Gasteiger charge is -2.33. The van der Waals surface area contributed by atoms with Crippen LogP contribution in [0.1, 0.15) is 52.1 Å². The van der Waals surface area contributed by atoms with E-state index in [0.717, 1.165) is 35.4 Å². The Hall–Kier alpha value is -4.14. The highest BCUT2D eigenvalue weighted by Crippen LogP contribution is 2.26. The highest BCUT2D eigenvalue weighted by molar-refractivity contribution is 5.93. The van der Waals surface area contributed by atoms with Crippen LogP contribution in [-0.2, 0) is 9.53 Å². The molecule has 2 aromatic carbocycles. The van der Waals surface area contributed by atoms with E-state index in [-0.39, 0.29) is 24.0 Å². The van der Waals surface area contributed by atoms with Gasteiger partial charge in [-0.15, -0.1) is 0 Å². The monoisotopic (exact) mass is 531 g/mol. The van der Waals surface area contributed by atoms with E-state index in [1.54, 1.807) is 24.4 Å². The van der Waals surface area contributed by atoms with Crippen LogP contribution >= 0.6 is 0 Å². The zero-order chi connectivity index (χ0) is 28.0. The Morgan fingerprint density at radius 1 is 1.10 bits per heavy atom. The van der Waals surface area contributed by atoms with Gasteiger partial charge in [0.1, 0.15) is 17.2 Å². The first-order chi connectivity index (χ1) is 18.6. The second kappa shape index (κ2) is 12.1. The van der Waals surface area contributed by atoms with Crippen LogP contribution in [0.4, 0.5) is 16.3 Å². The van der Waals surface area contributed by atoms with Gasteiger partial charge in [0.25, 0.3) is 0 Å². The Kier molecular flexibility index (Phi) is 8.69. The van der Waals surface area contributed by atoms with Crippen LogP contribution < -0.4 is 15.4 Å². The number of hydrogen-bond donors (Lipinski definition) is 2. The topological polar surface area (TPSA) is 106 Å². The van der Waals surface area contributed by atoms with Gasteiger partial charge in [0.15, 0.2) is 0 Å². The van der Waals surface area contributed by atoms with Gasteiger partial charge < -0.3 is 25.0 Å². The second-order valence-electron chi connectivity index (χ2n) is 10.8. The molecule has 4 rings (SSSR count). The minimum Gasteiger partial charge on any atom is -0.497 e. The lowest BCUT2D eigenvalue weighted by molar-refractivity contribution is -0.121. The Balaban J connectivity index is 1.39. The number of methoxy groups -OCH3 is 1. The first kappa shape index (κ1) is 27.9. The van der Waals surface area contributed by atoms with Crippen molar-refractivity contribution in [3.8, 4) is 17.0 Å². The molecule has 9 nitrogen and oxygen atoms in total. The van der Waals surface area contributed by atoms with E-state index >= 15 is 0 Å². The molecule has 206 valence electrons. The van der Waals surface area contributed by atoms with Crippen molar-refractivity contribution in [2.45, 2.75) is 52.2 Å². The zero-order valence-corrected chi connectivity index (χ0v) is 23.2. The van der Waals surface area contributed by atoms with E-state index < -0.39 is 5.60 Å². The number of anilines is 2. The van der Waals surface area contributed by atoms with Gasteiger partial charge in [0.05, 0.1) is 37.2 Å². The van der Waals surface area contributed by atoms with Crippen molar-refractivity contribution < 1.29 is 19.1 Å². The Bertz CT molecular complexity index is 1310. The molecule has 1 aliphatic heterocycles. The van der Waals surface area contributed by atoms with Crippen LogP contribution in [0.3, 0.4) is 0 Å². The highest BCUT2D eigenvalue weighted by Gasteiger charge is 2.31. The number of carbonyl (C=O) groups is 2. The Morgan fingerprint density at radius 3 is 2.67 bits per heavy atom. The third-order valence-corrected chi connectivity index (χ3v) is 6.46. The summed E-state index contributed by atoms with van der Waals surface area (Å²) in [4.78, 5) is 36.3. The van der Waals surface area contributed by atoms with Crippen LogP contribution in [0.15, 0.2) is 60.9 Å². The number of benzene rings is 2. The van der Waals surface area contributed by atoms with Crippen molar-refractivity contribution in [3.63, 3.8) is 0 Å². The summed E-state index contributed by atoms with van der Waals surface area (Å²) < 4.78 is 10.8. The van der Waals surface area contributed by atoms with Crippen molar-refractivity contribution in [1.82, 2.24) is 14.9 Å². The number of likely N-dealkylation sites (tertiary alicyclic amines) is 1. The molecule has 3 aromatic rings. The van der Waals surface area contributed by atoms with Crippen molar-refractivity contribution in [1.29, 1.82) is 0 Å². The maximum Gasteiger partial charge on any atom is 0.410 e. The molecule has 9 heteroatoms. The summed E-state index contributed by atoms with van der Waals surface area (Å²) in [6.07, 6.45) is 4.51. The van der Waals surface area contributed by atoms with Gasteiger partial charge >= 0.3 is 6.09 Å². The molecule has 0 radical (unpaired) electrons. The van der Waals surface area contributed by atoms with Crippen LogP contribution in [0, 0.1) is 5.92 Å². The molecule has 0 bridgehead atoms. The van der Waals surface area contributed by atoms with Crippen LogP contribution in [0.5, 0.6) is 5.75 Å². The summed E-state index contributed by atoms with van der Waals surface area (Å²) in [7, 11) is 1.63. The number of aromatic nitrogens is 2. The third-order valence-electron chi connectivity index (χ3n) is 6.46. The van der Waals surface area contributed by atoms with Gasteiger partial charge in [-0.05, 0) is 70.4 Å². The minimum absolute atomic E-state index is 0.0888.